The van der Waals surface area contributed by atoms with Gasteiger partial charge in [-0.25, -0.2) is 0 Å². The average molecular weight is 227 g/mol. The number of nitrogens with two attached hydrogens (primary N) is 1. The zero-order valence-electron chi connectivity index (χ0n) is 8.58. The van der Waals surface area contributed by atoms with Crippen molar-refractivity contribution in [1.29, 1.82) is 0 Å². The topological polar surface area (TPSA) is 48.0 Å². The van der Waals surface area contributed by atoms with Crippen LogP contribution in [-0.2, 0) is 6.54 Å². The molecule has 2 rings (SSSR count). The number of pyridine rings is 1. The molecule has 0 saturated heterocycles. The highest BCUT2D eigenvalue weighted by Gasteiger charge is 2.19. The van der Waals surface area contributed by atoms with Crippen LogP contribution in [0.15, 0.2) is 17.1 Å². The van der Waals surface area contributed by atoms with Crippen molar-refractivity contribution in [2.45, 2.75) is 38.3 Å². The molecule has 0 radical (unpaired) electrons. The molecule has 1 fully saturated rings. The minimum Gasteiger partial charge on any atom is -0.326 e. The van der Waals surface area contributed by atoms with Gasteiger partial charge in [0, 0.05) is 24.3 Å². The lowest BCUT2D eigenvalue weighted by Gasteiger charge is -2.14. The molecule has 2 N–H and O–H groups in total. The number of hydrogen-bond donors (Lipinski definition) is 1. The summed E-state index contributed by atoms with van der Waals surface area (Å²) in [6.45, 7) is 0.256. The highest BCUT2D eigenvalue weighted by atomic mass is 35.5. The second-order valence-corrected chi connectivity index (χ2v) is 4.47. The Balaban J connectivity index is 2.45. The van der Waals surface area contributed by atoms with Crippen LogP contribution in [0, 0.1) is 0 Å². The summed E-state index contributed by atoms with van der Waals surface area (Å²) in [5.41, 5.74) is 6.14. The van der Waals surface area contributed by atoms with Gasteiger partial charge in [-0.15, -0.1) is 0 Å². The Kier molecular flexibility index (Phi) is 3.12. The molecule has 1 aromatic rings. The van der Waals surface area contributed by atoms with Crippen LogP contribution in [0.25, 0.3) is 0 Å². The average Bonchev–Trinajstić information content (AvgIpc) is 2.74. The van der Waals surface area contributed by atoms with Crippen LogP contribution in [0.5, 0.6) is 0 Å². The van der Waals surface area contributed by atoms with Crippen molar-refractivity contribution in [3.8, 4) is 0 Å². The lowest BCUT2D eigenvalue weighted by molar-refractivity contribution is 0.499. The molecule has 15 heavy (non-hydrogen) atoms. The fourth-order valence-corrected chi connectivity index (χ4v) is 2.46. The van der Waals surface area contributed by atoms with E-state index in [-0.39, 0.29) is 12.1 Å². The van der Waals surface area contributed by atoms with E-state index in [1.165, 1.54) is 12.8 Å². The summed E-state index contributed by atoms with van der Waals surface area (Å²) in [6, 6.07) is 1.98. The summed E-state index contributed by atoms with van der Waals surface area (Å²) in [4.78, 5) is 12.0. The molecule has 0 spiro atoms. The molecule has 4 heteroatoms. The number of rotatable bonds is 2. The second-order valence-electron chi connectivity index (χ2n) is 4.04. The van der Waals surface area contributed by atoms with E-state index in [2.05, 4.69) is 0 Å². The third-order valence-corrected chi connectivity index (χ3v) is 3.23. The molecule has 3 nitrogen and oxygen atoms in total. The molecule has 1 aliphatic carbocycles. The summed E-state index contributed by atoms with van der Waals surface area (Å²) < 4.78 is 1.76. The molecular formula is C11H15ClN2O. The molecule has 0 bridgehead atoms. The molecule has 0 aromatic carbocycles. The minimum atomic E-state index is 0.0220. The van der Waals surface area contributed by atoms with Crippen LogP contribution in [0.4, 0.5) is 0 Å². The van der Waals surface area contributed by atoms with Crippen LogP contribution in [0.3, 0.4) is 0 Å². The Morgan fingerprint density at radius 2 is 2.13 bits per heavy atom. The summed E-state index contributed by atoms with van der Waals surface area (Å²) in [5.74, 6) is 0. The van der Waals surface area contributed by atoms with Crippen molar-refractivity contribution in [2.24, 2.45) is 5.73 Å². The van der Waals surface area contributed by atoms with Crippen molar-refractivity contribution in [3.63, 3.8) is 0 Å². The van der Waals surface area contributed by atoms with Crippen molar-refractivity contribution in [2.75, 3.05) is 0 Å². The predicted molar refractivity (Wildman–Crippen MR) is 61.1 cm³/mol. The third-order valence-electron chi connectivity index (χ3n) is 3.02. The molecule has 82 valence electrons. The van der Waals surface area contributed by atoms with Gasteiger partial charge in [-0.05, 0) is 18.9 Å². The quantitative estimate of drug-likeness (QED) is 0.840. The van der Waals surface area contributed by atoms with Crippen molar-refractivity contribution < 1.29 is 0 Å². The fourth-order valence-electron chi connectivity index (χ4n) is 2.22. The number of hydrogen-bond acceptors (Lipinski definition) is 2. The van der Waals surface area contributed by atoms with Crippen LogP contribution in [0.1, 0.15) is 37.3 Å². The Bertz CT molecular complexity index is 408. The molecule has 0 aliphatic heterocycles. The summed E-state index contributed by atoms with van der Waals surface area (Å²) in [7, 11) is 0. The maximum atomic E-state index is 12.0. The van der Waals surface area contributed by atoms with E-state index in [1.807, 2.05) is 0 Å². The summed E-state index contributed by atoms with van der Waals surface area (Å²) in [6.07, 6.45) is 6.27. The third kappa shape index (κ3) is 2.08. The molecule has 0 amide bonds. The van der Waals surface area contributed by atoms with Crippen LogP contribution >= 0.6 is 11.6 Å². The Morgan fingerprint density at radius 3 is 2.73 bits per heavy atom. The largest absolute Gasteiger partial charge is 0.326 e. The van der Waals surface area contributed by atoms with Crippen molar-refractivity contribution in [3.05, 3.63) is 33.2 Å². The fraction of sp³-hybridized carbons (Fsp3) is 0.545. The smallest absolute Gasteiger partial charge is 0.255 e. The van der Waals surface area contributed by atoms with Gasteiger partial charge in [0.25, 0.3) is 5.56 Å². The molecule has 1 heterocycles. The van der Waals surface area contributed by atoms with Gasteiger partial charge in [0.1, 0.15) is 0 Å². The van der Waals surface area contributed by atoms with E-state index < -0.39 is 0 Å². The van der Waals surface area contributed by atoms with Gasteiger partial charge < -0.3 is 10.3 Å². The molecule has 1 aliphatic rings. The summed E-state index contributed by atoms with van der Waals surface area (Å²) >= 11 is 5.96. The van der Waals surface area contributed by atoms with Gasteiger partial charge >= 0.3 is 0 Å². The molecule has 1 aromatic heterocycles. The van der Waals surface area contributed by atoms with Gasteiger partial charge in [0.05, 0.1) is 5.02 Å². The van der Waals surface area contributed by atoms with Gasteiger partial charge in [-0.1, -0.05) is 24.4 Å². The molecule has 1 saturated carbocycles. The monoisotopic (exact) mass is 226 g/mol. The lowest BCUT2D eigenvalue weighted by Crippen LogP contribution is -2.27. The van der Waals surface area contributed by atoms with E-state index in [9.17, 15) is 4.79 Å². The Hall–Kier alpha value is -0.800. The first-order valence-corrected chi connectivity index (χ1v) is 5.71. The lowest BCUT2D eigenvalue weighted by atomic mass is 10.2. The van der Waals surface area contributed by atoms with Gasteiger partial charge in [-0.3, -0.25) is 4.79 Å². The van der Waals surface area contributed by atoms with Crippen LogP contribution in [-0.4, -0.2) is 4.57 Å². The first-order chi connectivity index (χ1) is 7.22. The molecule has 0 unspecified atom stereocenters. The van der Waals surface area contributed by atoms with Gasteiger partial charge in [0.2, 0.25) is 0 Å². The highest BCUT2D eigenvalue weighted by Crippen LogP contribution is 2.28. The van der Waals surface area contributed by atoms with E-state index in [1.54, 1.807) is 16.8 Å². The standard InChI is InChI=1S/C11H15ClN2O/c12-9-5-8(6-13)11(15)14(7-9)10-3-1-2-4-10/h5,7,10H,1-4,6,13H2. The maximum absolute atomic E-state index is 12.0. The zero-order chi connectivity index (χ0) is 10.8. The van der Waals surface area contributed by atoms with Crippen LogP contribution < -0.4 is 11.3 Å². The Morgan fingerprint density at radius 1 is 1.47 bits per heavy atom. The van der Waals surface area contributed by atoms with Crippen LogP contribution in [0.2, 0.25) is 5.02 Å². The first kappa shape index (κ1) is 10.7. The Labute approximate surface area is 93.8 Å². The predicted octanol–water partition coefficient (Wildman–Crippen LogP) is 2.08. The van der Waals surface area contributed by atoms with Gasteiger partial charge in [0.15, 0.2) is 0 Å². The maximum Gasteiger partial charge on any atom is 0.255 e. The minimum absolute atomic E-state index is 0.0220. The second kappa shape index (κ2) is 4.37. The van der Waals surface area contributed by atoms with Crippen molar-refractivity contribution >= 4 is 11.6 Å². The number of halogens is 1. The van der Waals surface area contributed by atoms with E-state index in [0.29, 0.717) is 16.6 Å². The first-order valence-electron chi connectivity index (χ1n) is 5.33. The van der Waals surface area contributed by atoms with Gasteiger partial charge in [-0.2, -0.15) is 0 Å². The number of nitrogens with zero attached hydrogens (tertiary/aromatic N) is 1. The highest BCUT2D eigenvalue weighted by molar-refractivity contribution is 6.30. The summed E-state index contributed by atoms with van der Waals surface area (Å²) in [5, 5.41) is 0.599. The molecular weight excluding hydrogens is 212 g/mol. The van der Waals surface area contributed by atoms with E-state index in [4.69, 9.17) is 17.3 Å². The van der Waals surface area contributed by atoms with Crippen molar-refractivity contribution in [1.82, 2.24) is 4.57 Å². The van der Waals surface area contributed by atoms with E-state index in [0.717, 1.165) is 12.8 Å². The normalized spacial score (nSPS) is 17.2. The zero-order valence-corrected chi connectivity index (χ0v) is 9.33. The molecule has 0 atom stereocenters. The SMILES string of the molecule is NCc1cc(Cl)cn(C2CCCC2)c1=O. The van der Waals surface area contributed by atoms with E-state index >= 15 is 0 Å². The number of aromatic nitrogens is 1.